The fraction of sp³-hybridized carbons (Fsp3) is 0.810. The molecule has 22 heavy (non-hydrogen) atoms. The van der Waals surface area contributed by atoms with E-state index in [9.17, 15) is 5.11 Å². The number of rotatable bonds is 14. The summed E-state index contributed by atoms with van der Waals surface area (Å²) < 4.78 is 0. The quantitative estimate of drug-likeness (QED) is 0.290. The molecular weight excluding hydrogens is 268 g/mol. The van der Waals surface area contributed by atoms with Crippen LogP contribution in [0.15, 0.2) is 24.3 Å². The summed E-state index contributed by atoms with van der Waals surface area (Å²) >= 11 is 0. The Morgan fingerprint density at radius 2 is 1.68 bits per heavy atom. The molecule has 1 heteroatoms. The molecule has 0 radical (unpaired) electrons. The van der Waals surface area contributed by atoms with E-state index in [4.69, 9.17) is 0 Å². The third kappa shape index (κ3) is 10.2. The minimum Gasteiger partial charge on any atom is -0.389 e. The van der Waals surface area contributed by atoms with Gasteiger partial charge in [-0.2, -0.15) is 0 Å². The lowest BCUT2D eigenvalue weighted by Gasteiger charge is -2.04. The van der Waals surface area contributed by atoms with Gasteiger partial charge in [-0.05, 0) is 50.4 Å². The van der Waals surface area contributed by atoms with Crippen molar-refractivity contribution in [3.8, 4) is 0 Å². The zero-order valence-electron chi connectivity index (χ0n) is 15.0. The molecule has 0 saturated heterocycles. The number of hydrogen-bond donors (Lipinski definition) is 1. The fourth-order valence-electron chi connectivity index (χ4n) is 3.11. The summed E-state index contributed by atoms with van der Waals surface area (Å²) in [6.07, 6.45) is 23.8. The number of allylic oxidation sites excluding steroid dienone is 3. The first-order valence-electron chi connectivity index (χ1n) is 9.77. The van der Waals surface area contributed by atoms with Crippen molar-refractivity contribution in [2.45, 2.75) is 97.0 Å². The molecule has 0 heterocycles. The van der Waals surface area contributed by atoms with Crippen molar-refractivity contribution in [2.75, 3.05) is 0 Å². The van der Waals surface area contributed by atoms with Gasteiger partial charge >= 0.3 is 0 Å². The molecule has 0 amide bonds. The van der Waals surface area contributed by atoms with E-state index in [1.165, 1.54) is 64.2 Å². The first-order chi connectivity index (χ1) is 10.8. The van der Waals surface area contributed by atoms with Gasteiger partial charge in [0.2, 0.25) is 0 Å². The van der Waals surface area contributed by atoms with Gasteiger partial charge in [-0.1, -0.05) is 76.7 Å². The largest absolute Gasteiger partial charge is 0.389 e. The van der Waals surface area contributed by atoms with E-state index in [0.29, 0.717) is 0 Å². The highest BCUT2D eigenvalue weighted by Crippen LogP contribution is 2.44. The summed E-state index contributed by atoms with van der Waals surface area (Å²) in [6, 6.07) is 0. The molecule has 1 fully saturated rings. The standard InChI is InChI=1S/C21H38O/c1-3-5-7-9-10-11-14-19-18-20(19)15-13-17-21(22)16-12-8-6-4-2/h9-10,13,17,19-22H,3-8,11-12,14-16,18H2,1-2H3/b10-9-,17-13+/t19-,20+,21+/m1/s1. The molecule has 1 aliphatic carbocycles. The SMILES string of the molecule is CCCC/C=C\CC[C@@H]1C[C@@H]1C/C=C/[C@@H](O)CCCCCC. The first-order valence-corrected chi connectivity index (χ1v) is 9.77. The molecule has 3 atom stereocenters. The van der Waals surface area contributed by atoms with Crippen LogP contribution in [0, 0.1) is 11.8 Å². The Morgan fingerprint density at radius 3 is 2.45 bits per heavy atom. The Balaban J connectivity index is 1.96. The predicted octanol–water partition coefficient (Wildman–Crippen LogP) is 6.43. The second-order valence-corrected chi connectivity index (χ2v) is 7.03. The number of aliphatic hydroxyl groups is 1. The van der Waals surface area contributed by atoms with Gasteiger partial charge in [0, 0.05) is 0 Å². The van der Waals surface area contributed by atoms with Crippen LogP contribution in [-0.2, 0) is 0 Å². The Bertz CT molecular complexity index is 305. The van der Waals surface area contributed by atoms with Crippen LogP contribution in [0.2, 0.25) is 0 Å². The number of hydrogen-bond acceptors (Lipinski definition) is 1. The lowest BCUT2D eigenvalue weighted by atomic mass is 10.1. The van der Waals surface area contributed by atoms with Crippen LogP contribution < -0.4 is 0 Å². The van der Waals surface area contributed by atoms with Crippen LogP contribution in [0.3, 0.4) is 0 Å². The molecule has 0 spiro atoms. The Morgan fingerprint density at radius 1 is 0.909 bits per heavy atom. The second-order valence-electron chi connectivity index (χ2n) is 7.03. The van der Waals surface area contributed by atoms with Crippen LogP contribution in [0.25, 0.3) is 0 Å². The highest BCUT2D eigenvalue weighted by atomic mass is 16.3. The molecule has 1 nitrogen and oxygen atoms in total. The third-order valence-electron chi connectivity index (χ3n) is 4.81. The van der Waals surface area contributed by atoms with Crippen molar-refractivity contribution < 1.29 is 5.11 Å². The topological polar surface area (TPSA) is 20.2 Å². The van der Waals surface area contributed by atoms with E-state index in [-0.39, 0.29) is 6.10 Å². The molecule has 0 bridgehead atoms. The molecule has 0 aromatic heterocycles. The first kappa shape index (κ1) is 19.5. The Labute approximate surface area is 138 Å². The lowest BCUT2D eigenvalue weighted by molar-refractivity contribution is 0.207. The van der Waals surface area contributed by atoms with Crippen molar-refractivity contribution >= 4 is 0 Å². The zero-order valence-corrected chi connectivity index (χ0v) is 15.0. The Hall–Kier alpha value is -0.560. The minimum absolute atomic E-state index is 0.212. The second kappa shape index (κ2) is 12.9. The minimum atomic E-state index is -0.212. The van der Waals surface area contributed by atoms with Gasteiger partial charge in [0.05, 0.1) is 6.10 Å². The average molecular weight is 307 g/mol. The molecule has 0 aliphatic heterocycles. The molecule has 0 aromatic rings. The third-order valence-corrected chi connectivity index (χ3v) is 4.81. The summed E-state index contributed by atoms with van der Waals surface area (Å²) in [5.41, 5.74) is 0. The van der Waals surface area contributed by atoms with Gasteiger partial charge in [-0.25, -0.2) is 0 Å². The molecule has 1 saturated carbocycles. The smallest absolute Gasteiger partial charge is 0.0720 e. The average Bonchev–Trinajstić information content (AvgIpc) is 3.26. The molecule has 0 aromatic carbocycles. The van der Waals surface area contributed by atoms with Crippen LogP contribution in [-0.4, -0.2) is 11.2 Å². The van der Waals surface area contributed by atoms with E-state index < -0.39 is 0 Å². The highest BCUT2D eigenvalue weighted by Gasteiger charge is 2.34. The van der Waals surface area contributed by atoms with Gasteiger partial charge in [0.25, 0.3) is 0 Å². The summed E-state index contributed by atoms with van der Waals surface area (Å²) in [6.45, 7) is 4.47. The fourth-order valence-corrected chi connectivity index (χ4v) is 3.11. The summed E-state index contributed by atoms with van der Waals surface area (Å²) in [4.78, 5) is 0. The van der Waals surface area contributed by atoms with Gasteiger partial charge < -0.3 is 5.11 Å². The van der Waals surface area contributed by atoms with Crippen LogP contribution in [0.5, 0.6) is 0 Å². The van der Waals surface area contributed by atoms with E-state index in [0.717, 1.165) is 24.7 Å². The van der Waals surface area contributed by atoms with Gasteiger partial charge in [-0.3, -0.25) is 0 Å². The lowest BCUT2D eigenvalue weighted by Crippen LogP contribution is -2.01. The number of unbranched alkanes of at least 4 members (excludes halogenated alkanes) is 5. The van der Waals surface area contributed by atoms with E-state index >= 15 is 0 Å². The molecule has 1 N–H and O–H groups in total. The molecule has 128 valence electrons. The van der Waals surface area contributed by atoms with Crippen LogP contribution in [0.4, 0.5) is 0 Å². The number of aliphatic hydroxyl groups excluding tert-OH is 1. The monoisotopic (exact) mass is 306 g/mol. The maximum atomic E-state index is 9.90. The molecular formula is C21H38O. The van der Waals surface area contributed by atoms with Gasteiger partial charge in [-0.15, -0.1) is 0 Å². The van der Waals surface area contributed by atoms with Crippen LogP contribution in [0.1, 0.15) is 90.9 Å². The van der Waals surface area contributed by atoms with Crippen molar-refractivity contribution in [3.63, 3.8) is 0 Å². The van der Waals surface area contributed by atoms with E-state index in [1.807, 2.05) is 6.08 Å². The van der Waals surface area contributed by atoms with Gasteiger partial charge in [0.15, 0.2) is 0 Å². The molecule has 0 unspecified atom stereocenters. The summed E-state index contributed by atoms with van der Waals surface area (Å²) in [7, 11) is 0. The van der Waals surface area contributed by atoms with Crippen molar-refractivity contribution in [2.24, 2.45) is 11.8 Å². The predicted molar refractivity (Wildman–Crippen MR) is 98.0 cm³/mol. The van der Waals surface area contributed by atoms with Crippen LogP contribution >= 0.6 is 0 Å². The normalized spacial score (nSPS) is 22.7. The van der Waals surface area contributed by atoms with E-state index in [2.05, 4.69) is 32.1 Å². The molecule has 1 aliphatic rings. The van der Waals surface area contributed by atoms with E-state index in [1.54, 1.807) is 0 Å². The maximum absolute atomic E-state index is 9.90. The molecule has 1 rings (SSSR count). The summed E-state index contributed by atoms with van der Waals surface area (Å²) in [5, 5.41) is 9.90. The van der Waals surface area contributed by atoms with Crippen molar-refractivity contribution in [3.05, 3.63) is 24.3 Å². The van der Waals surface area contributed by atoms with Gasteiger partial charge in [0.1, 0.15) is 0 Å². The van der Waals surface area contributed by atoms with Crippen molar-refractivity contribution in [1.82, 2.24) is 0 Å². The Kier molecular flexibility index (Phi) is 11.5. The summed E-state index contributed by atoms with van der Waals surface area (Å²) in [5.74, 6) is 1.84. The maximum Gasteiger partial charge on any atom is 0.0720 e. The highest BCUT2D eigenvalue weighted by molar-refractivity contribution is 4.97. The zero-order chi connectivity index (χ0) is 16.0. The van der Waals surface area contributed by atoms with Crippen molar-refractivity contribution in [1.29, 1.82) is 0 Å².